The molecule has 25 heavy (non-hydrogen) atoms. The Morgan fingerprint density at radius 3 is 1.76 bits per heavy atom. The van der Waals surface area contributed by atoms with Gasteiger partial charge in [0.05, 0.1) is 0 Å². The fourth-order valence-electron chi connectivity index (χ4n) is 3.21. The van der Waals surface area contributed by atoms with Crippen LogP contribution < -0.4 is 4.74 Å². The molecular formula is C21H36O3Sn. The molecule has 0 heterocycles. The number of benzene rings is 1. The first-order chi connectivity index (χ1) is 12.1. The van der Waals surface area contributed by atoms with E-state index in [0.29, 0.717) is 6.42 Å². The van der Waals surface area contributed by atoms with E-state index < -0.39 is 18.8 Å². The maximum atomic E-state index is 12.7. The van der Waals surface area contributed by atoms with Gasteiger partial charge in [0, 0.05) is 0 Å². The average molecular weight is 455 g/mol. The van der Waals surface area contributed by atoms with Gasteiger partial charge in [-0.1, -0.05) is 0 Å². The minimum absolute atomic E-state index is 0.00993. The van der Waals surface area contributed by atoms with Crippen molar-refractivity contribution in [2.24, 2.45) is 0 Å². The third-order valence-corrected chi connectivity index (χ3v) is 17.5. The first-order valence-electron chi connectivity index (χ1n) is 9.94. The summed E-state index contributed by atoms with van der Waals surface area (Å²) in [4.78, 5) is 12.7. The molecule has 0 aliphatic carbocycles. The van der Waals surface area contributed by atoms with Crippen molar-refractivity contribution in [2.45, 2.75) is 79.0 Å². The molecule has 0 fully saturated rings. The Labute approximate surface area is 158 Å². The van der Waals surface area contributed by atoms with Crippen LogP contribution in [0.15, 0.2) is 24.3 Å². The van der Waals surface area contributed by atoms with Crippen molar-refractivity contribution in [2.75, 3.05) is 7.11 Å². The van der Waals surface area contributed by atoms with Crippen molar-refractivity contribution in [3.05, 3.63) is 29.8 Å². The van der Waals surface area contributed by atoms with Crippen LogP contribution in [-0.4, -0.2) is 31.9 Å². The zero-order valence-corrected chi connectivity index (χ0v) is 19.5. The van der Waals surface area contributed by atoms with Crippen LogP contribution in [0.1, 0.15) is 64.9 Å². The zero-order chi connectivity index (χ0) is 18.5. The molecule has 0 aliphatic heterocycles. The van der Waals surface area contributed by atoms with E-state index in [0.717, 1.165) is 11.3 Å². The Balaban J connectivity index is 2.78. The third kappa shape index (κ3) is 8.48. The van der Waals surface area contributed by atoms with E-state index in [9.17, 15) is 4.79 Å². The predicted octanol–water partition coefficient (Wildman–Crippen LogP) is 6.13. The molecule has 0 radical (unpaired) electrons. The Kier molecular flexibility index (Phi) is 11.3. The van der Waals surface area contributed by atoms with Crippen molar-refractivity contribution < 1.29 is 12.6 Å². The minimum atomic E-state index is -2.84. The van der Waals surface area contributed by atoms with Gasteiger partial charge in [0.1, 0.15) is 0 Å². The van der Waals surface area contributed by atoms with Gasteiger partial charge in [-0.3, -0.25) is 0 Å². The summed E-state index contributed by atoms with van der Waals surface area (Å²) in [6, 6.07) is 7.73. The van der Waals surface area contributed by atoms with Gasteiger partial charge in [-0.05, 0) is 0 Å². The summed E-state index contributed by atoms with van der Waals surface area (Å²) in [5.74, 6) is 0.809. The maximum absolute atomic E-state index is 12.7. The van der Waals surface area contributed by atoms with Crippen molar-refractivity contribution in [3.8, 4) is 5.75 Å². The van der Waals surface area contributed by atoms with Gasteiger partial charge in [0.25, 0.3) is 0 Å². The summed E-state index contributed by atoms with van der Waals surface area (Å²) in [7, 11) is 1.65. The summed E-state index contributed by atoms with van der Waals surface area (Å²) < 4.78 is 15.1. The molecule has 1 rings (SSSR count). The molecule has 1 aromatic carbocycles. The molecule has 0 aliphatic rings. The van der Waals surface area contributed by atoms with Gasteiger partial charge in [0.15, 0.2) is 0 Å². The van der Waals surface area contributed by atoms with Crippen LogP contribution >= 0.6 is 0 Å². The number of carbonyl (C=O) groups is 1. The van der Waals surface area contributed by atoms with Crippen LogP contribution in [0.2, 0.25) is 13.3 Å². The first-order valence-corrected chi connectivity index (χ1v) is 17.2. The van der Waals surface area contributed by atoms with Crippen molar-refractivity contribution in [1.82, 2.24) is 0 Å². The Hall–Kier alpha value is -0.711. The number of hydrogen-bond donors (Lipinski definition) is 0. The third-order valence-electron chi connectivity index (χ3n) is 4.80. The Bertz CT molecular complexity index is 463. The monoisotopic (exact) mass is 456 g/mol. The summed E-state index contributed by atoms with van der Waals surface area (Å²) in [6.45, 7) is 6.69. The quantitative estimate of drug-likeness (QED) is 0.336. The molecule has 0 saturated heterocycles. The number of rotatable bonds is 13. The van der Waals surface area contributed by atoms with E-state index in [1.54, 1.807) is 7.11 Å². The zero-order valence-electron chi connectivity index (χ0n) is 16.6. The van der Waals surface area contributed by atoms with E-state index in [-0.39, 0.29) is 5.97 Å². The van der Waals surface area contributed by atoms with E-state index >= 15 is 0 Å². The van der Waals surface area contributed by atoms with E-state index in [4.69, 9.17) is 7.81 Å². The van der Waals surface area contributed by atoms with E-state index in [2.05, 4.69) is 20.8 Å². The normalized spacial score (nSPS) is 11.4. The van der Waals surface area contributed by atoms with Crippen LogP contribution in [-0.2, 0) is 14.3 Å². The van der Waals surface area contributed by atoms with Crippen LogP contribution in [0.5, 0.6) is 5.75 Å². The molecule has 0 amide bonds. The second-order valence-corrected chi connectivity index (χ2v) is 18.6. The summed E-state index contributed by atoms with van der Waals surface area (Å²) in [5.41, 5.74) is 1.01. The van der Waals surface area contributed by atoms with Gasteiger partial charge >= 0.3 is 159 Å². The van der Waals surface area contributed by atoms with Crippen LogP contribution in [0, 0.1) is 0 Å². The molecule has 4 heteroatoms. The SMILES string of the molecule is CCC[CH2][Sn]([CH2]CCC)([CH2]CCC)[O]C(=O)Cc1ccc(OC)cc1. The van der Waals surface area contributed by atoms with Gasteiger partial charge < -0.3 is 0 Å². The molecule has 0 unspecified atom stereocenters. The predicted molar refractivity (Wildman–Crippen MR) is 108 cm³/mol. The molecule has 0 atom stereocenters. The van der Waals surface area contributed by atoms with E-state index in [1.165, 1.54) is 51.8 Å². The van der Waals surface area contributed by atoms with Crippen LogP contribution in [0.25, 0.3) is 0 Å². The fourth-order valence-corrected chi connectivity index (χ4v) is 16.4. The average Bonchev–Trinajstić information content (AvgIpc) is 2.63. The molecule has 142 valence electrons. The first kappa shape index (κ1) is 22.3. The number of methoxy groups -OCH3 is 1. The van der Waals surface area contributed by atoms with Gasteiger partial charge in [0.2, 0.25) is 0 Å². The Morgan fingerprint density at radius 2 is 1.36 bits per heavy atom. The summed E-state index contributed by atoms with van der Waals surface area (Å²) in [6.07, 6.45) is 7.57. The summed E-state index contributed by atoms with van der Waals surface area (Å²) >= 11 is -2.84. The molecule has 0 aromatic heterocycles. The molecular weight excluding hydrogens is 419 g/mol. The van der Waals surface area contributed by atoms with Crippen LogP contribution in [0.4, 0.5) is 0 Å². The topological polar surface area (TPSA) is 35.5 Å². The van der Waals surface area contributed by atoms with Gasteiger partial charge in [-0.15, -0.1) is 0 Å². The molecule has 3 nitrogen and oxygen atoms in total. The van der Waals surface area contributed by atoms with Crippen molar-refractivity contribution in [3.63, 3.8) is 0 Å². The number of ether oxygens (including phenoxy) is 1. The summed E-state index contributed by atoms with van der Waals surface area (Å²) in [5, 5.41) is 0. The molecule has 0 spiro atoms. The van der Waals surface area contributed by atoms with Gasteiger partial charge in [-0.25, -0.2) is 0 Å². The molecule has 0 N–H and O–H groups in total. The van der Waals surface area contributed by atoms with E-state index in [1.807, 2.05) is 24.3 Å². The molecule has 1 aromatic rings. The number of hydrogen-bond acceptors (Lipinski definition) is 3. The van der Waals surface area contributed by atoms with Gasteiger partial charge in [-0.2, -0.15) is 0 Å². The fraction of sp³-hybridized carbons (Fsp3) is 0.667. The van der Waals surface area contributed by atoms with Crippen LogP contribution in [0.3, 0.4) is 0 Å². The molecule has 0 saturated carbocycles. The molecule has 0 bridgehead atoms. The second kappa shape index (κ2) is 12.6. The standard InChI is InChI=1S/C9H10O3.3C4H9.Sn/c1-12-8-4-2-7(3-5-8)6-9(10)11;3*1-3-4-2;/h2-5H,6H2,1H3,(H,10,11);3*1,3-4H2,2H3;/q;;;;+1/p-1. The van der Waals surface area contributed by atoms with Crippen molar-refractivity contribution in [1.29, 1.82) is 0 Å². The number of unbranched alkanes of at least 4 members (excludes halogenated alkanes) is 3. The Morgan fingerprint density at radius 1 is 0.880 bits per heavy atom. The number of carbonyl (C=O) groups excluding carboxylic acids is 1. The second-order valence-electron chi connectivity index (χ2n) is 6.99. The van der Waals surface area contributed by atoms with Crippen molar-refractivity contribution >= 4 is 24.8 Å².